The quantitative estimate of drug-likeness (QED) is 0.0520. The van der Waals surface area contributed by atoms with Crippen molar-refractivity contribution in [3.63, 3.8) is 0 Å². The fourth-order valence-corrected chi connectivity index (χ4v) is 7.82. The number of piperazine rings is 1. The van der Waals surface area contributed by atoms with Gasteiger partial charge in [-0.05, 0) is 72.6 Å². The van der Waals surface area contributed by atoms with Gasteiger partial charge >= 0.3 is 0 Å². The van der Waals surface area contributed by atoms with Gasteiger partial charge in [0.15, 0.2) is 0 Å². The Labute approximate surface area is 306 Å². The Balaban J connectivity index is 1.01. The second kappa shape index (κ2) is 16.3. The highest BCUT2D eigenvalue weighted by Crippen LogP contribution is 2.30. The predicted molar refractivity (Wildman–Crippen MR) is 203 cm³/mol. The van der Waals surface area contributed by atoms with Crippen molar-refractivity contribution in [2.24, 2.45) is 0 Å². The number of nitrogens with one attached hydrogen (secondary N) is 2. The van der Waals surface area contributed by atoms with Crippen LogP contribution in [0.4, 0.5) is 17.1 Å². The largest absolute Gasteiger partial charge is 0.506 e. The molecule has 1 aromatic heterocycles. The molecule has 1 atom stereocenters. The molecule has 3 N–H and O–H groups in total. The fraction of sp³-hybridized carbons (Fsp3) is 0.211. The van der Waals surface area contributed by atoms with Crippen molar-refractivity contribution in [2.75, 3.05) is 48.7 Å². The lowest BCUT2D eigenvalue weighted by atomic mass is 10.0. The summed E-state index contributed by atoms with van der Waals surface area (Å²) in [7, 11) is -4.39. The topological polar surface area (TPSA) is 158 Å². The number of benzene rings is 4. The summed E-state index contributed by atoms with van der Waals surface area (Å²) in [6.45, 7) is 5.79. The van der Waals surface area contributed by atoms with Gasteiger partial charge in [0.2, 0.25) is 0 Å². The number of aromatic hydroxyl groups is 1. The highest BCUT2D eigenvalue weighted by Gasteiger charge is 2.25. The van der Waals surface area contributed by atoms with E-state index < -0.39 is 26.5 Å². The summed E-state index contributed by atoms with van der Waals surface area (Å²) in [4.78, 5) is 33.5. The predicted octanol–water partition coefficient (Wildman–Crippen LogP) is 6.57. The monoisotopic (exact) mass is 738 g/mol. The van der Waals surface area contributed by atoms with E-state index in [1.54, 1.807) is 48.3 Å². The highest BCUT2D eigenvalue weighted by molar-refractivity contribution is 7.99. The van der Waals surface area contributed by atoms with Crippen LogP contribution in [-0.2, 0) is 10.0 Å². The summed E-state index contributed by atoms with van der Waals surface area (Å²) in [6.07, 6.45) is 3.13. The van der Waals surface area contributed by atoms with Crippen LogP contribution in [0.1, 0.15) is 28.9 Å². The molecule has 268 valence electrons. The lowest BCUT2D eigenvalue weighted by Gasteiger charge is -2.39. The normalized spacial score (nSPS) is 14.1. The van der Waals surface area contributed by atoms with Crippen molar-refractivity contribution >= 4 is 44.8 Å². The van der Waals surface area contributed by atoms with Gasteiger partial charge in [0, 0.05) is 78.5 Å². The second-order valence-corrected chi connectivity index (χ2v) is 15.1. The lowest BCUT2D eigenvalue weighted by molar-refractivity contribution is -0.384. The molecule has 1 aliphatic rings. The third-order valence-electron chi connectivity index (χ3n) is 8.94. The third-order valence-corrected chi connectivity index (χ3v) is 11.3. The first-order valence-corrected chi connectivity index (χ1v) is 19.1. The number of pyridine rings is 1. The molecule has 1 amide bonds. The number of anilines is 2. The van der Waals surface area contributed by atoms with Crippen LogP contribution in [0.5, 0.6) is 5.75 Å². The van der Waals surface area contributed by atoms with E-state index in [9.17, 15) is 28.4 Å². The molecule has 0 spiro atoms. The molecule has 52 heavy (non-hydrogen) atoms. The number of sulfonamides is 1. The highest BCUT2D eigenvalue weighted by atomic mass is 32.2. The van der Waals surface area contributed by atoms with E-state index in [0.29, 0.717) is 12.3 Å². The van der Waals surface area contributed by atoms with Gasteiger partial charge < -0.3 is 15.3 Å². The first kappa shape index (κ1) is 36.4. The average molecular weight is 739 g/mol. The van der Waals surface area contributed by atoms with Crippen molar-refractivity contribution in [3.8, 4) is 16.9 Å². The summed E-state index contributed by atoms with van der Waals surface area (Å²) in [5.41, 5.74) is 3.87. The van der Waals surface area contributed by atoms with Gasteiger partial charge in [-0.25, -0.2) is 13.1 Å². The number of amides is 1. The molecule has 0 aliphatic carbocycles. The SMILES string of the molecule is CC(c1ccc(-c2cncc(O)c2)cc1)N1CCN(c2ccc(C(=O)NS(=O)(=O)c3ccc(NCCSc4ccccc4)c([N+](=O)[O-])c3)cc2)CC1. The van der Waals surface area contributed by atoms with Gasteiger partial charge in [-0.3, -0.25) is 24.8 Å². The maximum absolute atomic E-state index is 13.1. The van der Waals surface area contributed by atoms with Crippen molar-refractivity contribution in [2.45, 2.75) is 22.8 Å². The molecule has 1 fully saturated rings. The second-order valence-electron chi connectivity index (χ2n) is 12.3. The van der Waals surface area contributed by atoms with Crippen molar-refractivity contribution < 1.29 is 23.2 Å². The van der Waals surface area contributed by atoms with Crippen molar-refractivity contribution in [3.05, 3.63) is 137 Å². The molecule has 1 aliphatic heterocycles. The molecular weight excluding hydrogens is 701 g/mol. The van der Waals surface area contributed by atoms with Gasteiger partial charge in [-0.15, -0.1) is 11.8 Å². The number of nitrogens with zero attached hydrogens (tertiary/aromatic N) is 4. The van der Waals surface area contributed by atoms with Crippen LogP contribution in [-0.4, -0.2) is 72.7 Å². The lowest BCUT2D eigenvalue weighted by Crippen LogP contribution is -2.47. The minimum atomic E-state index is -4.39. The number of carbonyl (C=O) groups excluding carboxylic acids is 1. The molecule has 14 heteroatoms. The van der Waals surface area contributed by atoms with Gasteiger partial charge in [-0.1, -0.05) is 42.5 Å². The molecule has 2 heterocycles. The van der Waals surface area contributed by atoms with Crippen LogP contribution in [0, 0.1) is 10.1 Å². The number of nitro groups is 1. The number of carbonyl (C=O) groups is 1. The Bertz CT molecular complexity index is 2130. The summed E-state index contributed by atoms with van der Waals surface area (Å²) in [5, 5.41) is 24.6. The Kier molecular flexibility index (Phi) is 11.4. The maximum atomic E-state index is 13.1. The summed E-state index contributed by atoms with van der Waals surface area (Å²) < 4.78 is 28.3. The minimum Gasteiger partial charge on any atom is -0.506 e. The minimum absolute atomic E-state index is 0.129. The summed E-state index contributed by atoms with van der Waals surface area (Å²) in [5.74, 6) is -0.0631. The Morgan fingerprint density at radius 1 is 0.923 bits per heavy atom. The molecule has 1 unspecified atom stereocenters. The molecule has 12 nitrogen and oxygen atoms in total. The zero-order chi connectivity index (χ0) is 36.7. The van der Waals surface area contributed by atoms with Crippen LogP contribution in [0.15, 0.2) is 125 Å². The van der Waals surface area contributed by atoms with Crippen LogP contribution in [0.3, 0.4) is 0 Å². The van der Waals surface area contributed by atoms with Crippen molar-refractivity contribution in [1.82, 2.24) is 14.6 Å². The number of thioether (sulfide) groups is 1. The van der Waals surface area contributed by atoms with Gasteiger partial charge in [0.1, 0.15) is 11.4 Å². The molecule has 6 rings (SSSR count). The van der Waals surface area contributed by atoms with E-state index in [1.807, 2.05) is 47.2 Å². The third kappa shape index (κ3) is 8.88. The average Bonchev–Trinajstić information content (AvgIpc) is 3.16. The molecule has 0 radical (unpaired) electrons. The first-order chi connectivity index (χ1) is 25.1. The van der Waals surface area contributed by atoms with Crippen LogP contribution >= 0.6 is 11.8 Å². The molecular formula is C38H38N6O6S2. The Hall–Kier alpha value is -5.44. The van der Waals surface area contributed by atoms with E-state index in [2.05, 4.69) is 39.2 Å². The van der Waals surface area contributed by atoms with Gasteiger partial charge in [0.25, 0.3) is 21.6 Å². The zero-order valence-corrected chi connectivity index (χ0v) is 30.0. The molecule has 5 aromatic rings. The summed E-state index contributed by atoms with van der Waals surface area (Å²) >= 11 is 1.59. The van der Waals surface area contributed by atoms with Crippen molar-refractivity contribution in [1.29, 1.82) is 0 Å². The van der Waals surface area contributed by atoms with Crippen LogP contribution in [0.25, 0.3) is 11.1 Å². The fourth-order valence-electron chi connectivity index (χ4n) is 6.03. The molecule has 0 saturated carbocycles. The summed E-state index contributed by atoms with van der Waals surface area (Å²) in [6, 6.07) is 30.1. The van der Waals surface area contributed by atoms with E-state index in [1.165, 1.54) is 23.9 Å². The van der Waals surface area contributed by atoms with E-state index in [0.717, 1.165) is 54.0 Å². The maximum Gasteiger partial charge on any atom is 0.293 e. The Morgan fingerprint density at radius 2 is 1.63 bits per heavy atom. The number of hydrogen-bond donors (Lipinski definition) is 3. The number of nitro benzene ring substituents is 1. The smallest absolute Gasteiger partial charge is 0.293 e. The number of aromatic nitrogens is 1. The van der Waals surface area contributed by atoms with Gasteiger partial charge in [-0.2, -0.15) is 0 Å². The number of hydrogen-bond acceptors (Lipinski definition) is 11. The molecule has 0 bridgehead atoms. The van der Waals surface area contributed by atoms with Crippen LogP contribution < -0.4 is 14.9 Å². The molecule has 1 saturated heterocycles. The van der Waals surface area contributed by atoms with Crippen LogP contribution in [0.2, 0.25) is 0 Å². The van der Waals surface area contributed by atoms with E-state index in [-0.39, 0.29) is 27.9 Å². The standard InChI is InChI=1S/C38H38N6O6S2/c1-27(28-7-9-29(10-8-28)31-23-33(45)26-39-25-31)42-18-20-43(21-19-42)32-13-11-30(12-14-32)38(46)41-52(49,50)35-15-16-36(37(24-35)44(47)48)40-17-22-51-34-5-3-2-4-6-34/h2-16,23-27,40,45H,17-22H2,1H3,(H,41,46). The Morgan fingerprint density at radius 3 is 2.31 bits per heavy atom. The molecule has 4 aromatic carbocycles. The van der Waals surface area contributed by atoms with Gasteiger partial charge in [0.05, 0.1) is 16.0 Å². The number of rotatable bonds is 13. The first-order valence-electron chi connectivity index (χ1n) is 16.7. The van der Waals surface area contributed by atoms with E-state index >= 15 is 0 Å². The zero-order valence-electron chi connectivity index (χ0n) is 28.4. The van der Waals surface area contributed by atoms with E-state index in [4.69, 9.17) is 0 Å².